The Hall–Kier alpha value is -1.88. The van der Waals surface area contributed by atoms with Crippen LogP contribution < -0.4 is 5.09 Å². The van der Waals surface area contributed by atoms with Gasteiger partial charge in [-0.3, -0.25) is 9.88 Å². The predicted molar refractivity (Wildman–Crippen MR) is 81.9 cm³/mol. The summed E-state index contributed by atoms with van der Waals surface area (Å²) >= 11 is 0. The van der Waals surface area contributed by atoms with Crippen molar-refractivity contribution in [1.29, 1.82) is 0 Å². The summed E-state index contributed by atoms with van der Waals surface area (Å²) in [6, 6.07) is 6.96. The van der Waals surface area contributed by atoms with E-state index in [9.17, 15) is 14.5 Å². The van der Waals surface area contributed by atoms with Gasteiger partial charge in [0.05, 0.1) is 0 Å². The van der Waals surface area contributed by atoms with Crippen LogP contribution in [0, 0.1) is 5.92 Å². The van der Waals surface area contributed by atoms with Crippen molar-refractivity contribution in [3.63, 3.8) is 0 Å². The van der Waals surface area contributed by atoms with E-state index in [1.54, 1.807) is 24.3 Å². The van der Waals surface area contributed by atoms with Crippen LogP contribution in [0.3, 0.4) is 0 Å². The number of phenolic OH excluding ortho intramolecular Hbond substituents is 1. The van der Waals surface area contributed by atoms with Gasteiger partial charge >= 0.3 is 7.75 Å². The highest BCUT2D eigenvalue weighted by Crippen LogP contribution is 2.34. The van der Waals surface area contributed by atoms with E-state index in [-0.39, 0.29) is 23.1 Å². The maximum absolute atomic E-state index is 11.4. The Morgan fingerprint density at radius 3 is 2.73 bits per heavy atom. The van der Waals surface area contributed by atoms with Crippen LogP contribution in [0.5, 0.6) is 5.75 Å². The molecule has 0 aliphatic heterocycles. The second-order valence-electron chi connectivity index (χ2n) is 5.19. The van der Waals surface area contributed by atoms with Crippen LogP contribution in [0.1, 0.15) is 18.4 Å². The van der Waals surface area contributed by atoms with Gasteiger partial charge in [0.15, 0.2) is 5.78 Å². The molecule has 0 saturated carbocycles. The van der Waals surface area contributed by atoms with Crippen molar-refractivity contribution >= 4 is 13.5 Å². The largest absolute Gasteiger partial charge is 0.508 e. The van der Waals surface area contributed by atoms with Crippen LogP contribution in [0.2, 0.25) is 0 Å². The second-order valence-corrected chi connectivity index (χ2v) is 6.50. The Balaban J connectivity index is 1.95. The van der Waals surface area contributed by atoms with Crippen LogP contribution in [-0.4, -0.2) is 20.7 Å². The predicted octanol–water partition coefficient (Wildman–Crippen LogP) is 2.04. The number of benzene rings is 1. The van der Waals surface area contributed by atoms with Gasteiger partial charge < -0.3 is 14.9 Å². The molecule has 0 heterocycles. The van der Waals surface area contributed by atoms with E-state index in [4.69, 9.17) is 9.79 Å². The average Bonchev–Trinajstić information content (AvgIpc) is 2.39. The van der Waals surface area contributed by atoms with E-state index in [1.165, 1.54) is 12.2 Å². The summed E-state index contributed by atoms with van der Waals surface area (Å²) < 4.78 is 11.1. The second kappa shape index (κ2) is 6.92. The van der Waals surface area contributed by atoms with Crippen molar-refractivity contribution in [2.24, 2.45) is 5.92 Å². The fourth-order valence-electron chi connectivity index (χ4n) is 2.40. The number of carbonyl (C=O) groups is 1. The van der Waals surface area contributed by atoms with Crippen LogP contribution in [0.25, 0.3) is 0 Å². The lowest BCUT2D eigenvalue weighted by Crippen LogP contribution is -2.20. The minimum Gasteiger partial charge on any atom is -0.508 e. The van der Waals surface area contributed by atoms with Crippen molar-refractivity contribution in [3.8, 4) is 5.75 Å². The van der Waals surface area contributed by atoms with E-state index in [2.05, 4.69) is 5.09 Å². The zero-order valence-corrected chi connectivity index (χ0v) is 12.7. The first kappa shape index (κ1) is 16.5. The number of aromatic hydroxyl groups is 1. The molecule has 2 rings (SSSR count). The highest BCUT2D eigenvalue weighted by Gasteiger charge is 2.22. The smallest absolute Gasteiger partial charge is 0.427 e. The topological polar surface area (TPSA) is 107 Å². The lowest BCUT2D eigenvalue weighted by atomic mass is 9.92. The lowest BCUT2D eigenvalue weighted by molar-refractivity contribution is -0.110. The molecule has 0 radical (unpaired) electrons. The number of hydrogen-bond acceptors (Lipinski definition) is 3. The summed E-state index contributed by atoms with van der Waals surface area (Å²) in [5.41, 5.74) is 1.24. The van der Waals surface area contributed by atoms with E-state index in [1.807, 2.05) is 6.07 Å². The summed E-state index contributed by atoms with van der Waals surface area (Å²) in [6.07, 6.45) is 6.41. The van der Waals surface area contributed by atoms with Gasteiger partial charge in [-0.05, 0) is 43.0 Å². The molecule has 1 aliphatic carbocycles. The van der Waals surface area contributed by atoms with Crippen molar-refractivity contribution in [1.82, 2.24) is 5.09 Å². The normalized spacial score (nSPS) is 18.2. The standard InChI is InChI=1S/C15H18NO5P/c17-13-6-2-4-11(9-13)3-1-5-12-7-8-14(18)10-15(12)16-22(19,20)21/h2,4,6-10,12,17H,1,3,5H2,(H3,16,19,20,21). The molecular weight excluding hydrogens is 305 g/mol. The zero-order valence-electron chi connectivity index (χ0n) is 11.8. The van der Waals surface area contributed by atoms with Crippen LogP contribution >= 0.6 is 7.75 Å². The van der Waals surface area contributed by atoms with Gasteiger partial charge in [0.1, 0.15) is 5.75 Å². The quantitative estimate of drug-likeness (QED) is 0.597. The Bertz CT molecular complexity index is 662. The van der Waals surface area contributed by atoms with Crippen molar-refractivity contribution in [2.45, 2.75) is 19.3 Å². The number of carbonyl (C=O) groups excluding carboxylic acids is 1. The third-order valence-electron chi connectivity index (χ3n) is 3.36. The molecule has 0 saturated heterocycles. The number of rotatable bonds is 6. The van der Waals surface area contributed by atoms with Gasteiger partial charge in [-0.1, -0.05) is 18.2 Å². The molecule has 1 aromatic rings. The highest BCUT2D eigenvalue weighted by atomic mass is 31.2. The van der Waals surface area contributed by atoms with Gasteiger partial charge in [-0.25, -0.2) is 4.57 Å². The number of hydrogen-bond donors (Lipinski definition) is 4. The van der Waals surface area contributed by atoms with E-state index in [0.717, 1.165) is 18.4 Å². The monoisotopic (exact) mass is 323 g/mol. The first-order valence-corrected chi connectivity index (χ1v) is 8.50. The molecule has 1 aromatic carbocycles. The zero-order chi connectivity index (χ0) is 16.2. The van der Waals surface area contributed by atoms with Gasteiger partial charge in [-0.2, -0.15) is 0 Å². The summed E-state index contributed by atoms with van der Waals surface area (Å²) in [6.45, 7) is 0. The van der Waals surface area contributed by atoms with E-state index in [0.29, 0.717) is 6.42 Å². The molecule has 1 unspecified atom stereocenters. The number of phenols is 1. The third kappa shape index (κ3) is 5.15. The van der Waals surface area contributed by atoms with Crippen LogP contribution in [0.4, 0.5) is 0 Å². The van der Waals surface area contributed by atoms with Gasteiger partial charge in [0.2, 0.25) is 0 Å². The molecule has 7 heteroatoms. The molecule has 0 aromatic heterocycles. The fourth-order valence-corrected chi connectivity index (χ4v) is 2.96. The van der Waals surface area contributed by atoms with Gasteiger partial charge in [0, 0.05) is 17.7 Å². The summed E-state index contributed by atoms with van der Waals surface area (Å²) in [4.78, 5) is 29.4. The molecule has 1 aliphatic rings. The molecule has 0 fully saturated rings. The minimum absolute atomic E-state index is 0.212. The maximum Gasteiger partial charge on any atom is 0.427 e. The van der Waals surface area contributed by atoms with Crippen molar-refractivity contribution in [2.75, 3.05) is 0 Å². The first-order valence-electron chi connectivity index (χ1n) is 6.89. The molecule has 1 atom stereocenters. The number of allylic oxidation sites excluding steroid dienone is 3. The van der Waals surface area contributed by atoms with Gasteiger partial charge in [-0.15, -0.1) is 0 Å². The lowest BCUT2D eigenvalue weighted by Gasteiger charge is -2.21. The SMILES string of the molecule is O=C1C=CC(CCCc2cccc(O)c2)C(NP(=O)(O)O)=C1. The Morgan fingerprint density at radius 2 is 2.05 bits per heavy atom. The Kier molecular flexibility index (Phi) is 5.19. The highest BCUT2D eigenvalue weighted by molar-refractivity contribution is 7.49. The third-order valence-corrected chi connectivity index (χ3v) is 3.91. The molecular formula is C15H18NO5P. The summed E-state index contributed by atoms with van der Waals surface area (Å²) in [5, 5.41) is 11.5. The van der Waals surface area contributed by atoms with E-state index >= 15 is 0 Å². The summed E-state index contributed by atoms with van der Waals surface area (Å²) in [7, 11) is -4.43. The molecule has 4 N–H and O–H groups in total. The van der Waals surface area contributed by atoms with Crippen molar-refractivity contribution < 1.29 is 24.3 Å². The van der Waals surface area contributed by atoms with Gasteiger partial charge in [0.25, 0.3) is 0 Å². The number of aryl methyl sites for hydroxylation is 1. The number of nitrogens with one attached hydrogen (secondary N) is 1. The Labute approximate surface area is 128 Å². The number of ketones is 1. The van der Waals surface area contributed by atoms with Crippen molar-refractivity contribution in [3.05, 3.63) is 53.8 Å². The molecule has 22 heavy (non-hydrogen) atoms. The molecule has 0 amide bonds. The fraction of sp³-hybridized carbons (Fsp3) is 0.267. The van der Waals surface area contributed by atoms with E-state index < -0.39 is 7.75 Å². The summed E-state index contributed by atoms with van der Waals surface area (Å²) in [5.74, 6) is -0.313. The van der Waals surface area contributed by atoms with Crippen LogP contribution in [0.15, 0.2) is 48.2 Å². The molecule has 118 valence electrons. The average molecular weight is 323 g/mol. The maximum atomic E-state index is 11.4. The molecule has 0 spiro atoms. The minimum atomic E-state index is -4.43. The first-order chi connectivity index (χ1) is 10.3. The Morgan fingerprint density at radius 1 is 1.27 bits per heavy atom. The molecule has 6 nitrogen and oxygen atoms in total. The molecule has 0 bridgehead atoms. The van der Waals surface area contributed by atoms with Crippen LogP contribution in [-0.2, 0) is 15.8 Å².